The zero-order valence-corrected chi connectivity index (χ0v) is 32.0. The minimum Gasteiger partial charge on any atom is -0.462 e. The van der Waals surface area contributed by atoms with Gasteiger partial charge in [0.2, 0.25) is 0 Å². The van der Waals surface area contributed by atoms with Gasteiger partial charge in [0, 0.05) is 12.8 Å². The number of hydrogen-bond donors (Lipinski definition) is 0. The van der Waals surface area contributed by atoms with Crippen LogP contribution in [0, 0.1) is 35.0 Å². The molecule has 1 unspecified atom stereocenters. The van der Waals surface area contributed by atoms with Crippen molar-refractivity contribution in [2.24, 2.45) is 35.0 Å². The number of carbonyl (C=O) groups excluding carboxylic acids is 1. The first-order chi connectivity index (χ1) is 23.2. The van der Waals surface area contributed by atoms with E-state index in [1.54, 1.807) is 5.57 Å². The smallest absolute Gasteiger partial charge is 0.306 e. The van der Waals surface area contributed by atoms with Gasteiger partial charge in [0.15, 0.2) is 0 Å². The predicted molar refractivity (Wildman–Crippen MR) is 209 cm³/mol. The highest BCUT2D eigenvalue weighted by molar-refractivity contribution is 5.69. The molecule has 3 aliphatic carbocycles. The fourth-order valence-electron chi connectivity index (χ4n) is 8.46. The summed E-state index contributed by atoms with van der Waals surface area (Å²) in [7, 11) is 0. The van der Waals surface area contributed by atoms with E-state index in [9.17, 15) is 4.79 Å². The average Bonchev–Trinajstić information content (AvgIpc) is 3.43. The number of hydrogen-bond acceptors (Lipinski definition) is 2. The van der Waals surface area contributed by atoms with E-state index in [0.29, 0.717) is 35.5 Å². The van der Waals surface area contributed by atoms with Crippen LogP contribution >= 0.6 is 0 Å². The maximum Gasteiger partial charge on any atom is 0.306 e. The van der Waals surface area contributed by atoms with Gasteiger partial charge >= 0.3 is 5.97 Å². The van der Waals surface area contributed by atoms with Gasteiger partial charge in [-0.3, -0.25) is 4.79 Å². The van der Waals surface area contributed by atoms with E-state index in [0.717, 1.165) is 63.7 Å². The summed E-state index contributed by atoms with van der Waals surface area (Å²) in [4.78, 5) is 12.7. The van der Waals surface area contributed by atoms with Crippen molar-refractivity contribution in [3.8, 4) is 0 Å². The zero-order chi connectivity index (χ0) is 34.8. The fourth-order valence-corrected chi connectivity index (χ4v) is 8.46. The van der Waals surface area contributed by atoms with Crippen LogP contribution < -0.4 is 0 Å². The lowest BCUT2D eigenvalue weighted by molar-refractivity contribution is -0.149. The Hall–Kier alpha value is -2.35. The third-order valence-electron chi connectivity index (χ3n) is 11.9. The summed E-state index contributed by atoms with van der Waals surface area (Å²) < 4.78 is 5.99. The van der Waals surface area contributed by atoms with Gasteiger partial charge in [-0.25, -0.2) is 0 Å². The molecule has 0 aromatic carbocycles. The SMILES string of the molecule is C=C1CC[C@H](OC(=O)CCCCCCCC=CCC=CCC=CCC)CC1=CC=C1CCC[C@@]2(C)C1CC[C@@H]2[C@H](C)C=C[C@H](C)C(C)C. The van der Waals surface area contributed by atoms with Crippen LogP contribution in [-0.4, -0.2) is 12.1 Å². The molecule has 0 N–H and O–H groups in total. The van der Waals surface area contributed by atoms with Gasteiger partial charge in [0.25, 0.3) is 0 Å². The molecule has 0 radical (unpaired) electrons. The van der Waals surface area contributed by atoms with Crippen molar-refractivity contribution < 1.29 is 9.53 Å². The molecule has 0 heterocycles. The second kappa shape index (κ2) is 21.7. The van der Waals surface area contributed by atoms with Crippen LogP contribution in [0.5, 0.6) is 0 Å². The van der Waals surface area contributed by atoms with Crippen LogP contribution in [0.2, 0.25) is 0 Å². The molecule has 48 heavy (non-hydrogen) atoms. The molecule has 2 nitrogen and oxygen atoms in total. The highest BCUT2D eigenvalue weighted by Gasteiger charge is 2.50. The molecular formula is C46H72O2. The van der Waals surface area contributed by atoms with E-state index in [-0.39, 0.29) is 12.1 Å². The van der Waals surface area contributed by atoms with Crippen molar-refractivity contribution in [2.45, 2.75) is 163 Å². The van der Waals surface area contributed by atoms with Crippen LogP contribution in [0.1, 0.15) is 157 Å². The number of ether oxygens (including phenoxy) is 1. The van der Waals surface area contributed by atoms with Gasteiger partial charge in [-0.1, -0.05) is 139 Å². The van der Waals surface area contributed by atoms with Gasteiger partial charge in [-0.2, -0.15) is 0 Å². The number of allylic oxidation sites excluding steroid dienone is 12. The second-order valence-electron chi connectivity index (χ2n) is 15.9. The number of rotatable bonds is 19. The first-order valence-corrected chi connectivity index (χ1v) is 20.1. The maximum absolute atomic E-state index is 12.7. The Morgan fingerprint density at radius 2 is 1.58 bits per heavy atom. The van der Waals surface area contributed by atoms with Crippen molar-refractivity contribution in [1.82, 2.24) is 0 Å². The highest BCUT2D eigenvalue weighted by atomic mass is 16.5. The van der Waals surface area contributed by atoms with Crippen LogP contribution in [0.3, 0.4) is 0 Å². The second-order valence-corrected chi connectivity index (χ2v) is 15.9. The molecule has 3 fully saturated rings. The Kier molecular flexibility index (Phi) is 18.1. The Morgan fingerprint density at radius 1 is 0.875 bits per heavy atom. The normalized spacial score (nSPS) is 28.1. The van der Waals surface area contributed by atoms with Crippen molar-refractivity contribution in [3.63, 3.8) is 0 Å². The lowest BCUT2D eigenvalue weighted by atomic mass is 9.61. The summed E-state index contributed by atoms with van der Waals surface area (Å²) in [6.07, 6.45) is 43.1. The quantitative estimate of drug-likeness (QED) is 0.0785. The summed E-state index contributed by atoms with van der Waals surface area (Å²) >= 11 is 0. The van der Waals surface area contributed by atoms with E-state index in [1.807, 2.05) is 0 Å². The molecule has 2 heteroatoms. The summed E-state index contributed by atoms with van der Waals surface area (Å²) in [6, 6.07) is 0. The van der Waals surface area contributed by atoms with Crippen LogP contribution in [0.15, 0.2) is 84.1 Å². The summed E-state index contributed by atoms with van der Waals surface area (Å²) in [6.45, 7) is 18.6. The largest absolute Gasteiger partial charge is 0.462 e. The van der Waals surface area contributed by atoms with Crippen molar-refractivity contribution in [1.29, 1.82) is 0 Å². The number of carbonyl (C=O) groups is 1. The predicted octanol–water partition coefficient (Wildman–Crippen LogP) is 13.8. The fraction of sp³-hybridized carbons (Fsp3) is 0.674. The standard InChI is InChI=1S/C46H72O2/c1-8-9-10-11-12-13-14-15-16-17-18-19-20-21-22-25-45(47)48-42-31-28-38(5)41(35-42)30-29-40-24-23-34-46(7)43(32-33-44(40)46)39(6)27-26-37(4)36(2)3/h9-10,12-13,15-16,26-27,29-30,36-37,39,42-44H,5,8,11,14,17-25,28,31-35H2,1-4,6-7H3/t37-,39+,42-,43+,44?,46+/m0/s1. The van der Waals surface area contributed by atoms with Crippen LogP contribution in [0.25, 0.3) is 0 Å². The zero-order valence-electron chi connectivity index (χ0n) is 32.0. The molecule has 3 aliphatic rings. The molecule has 3 rings (SSSR count). The van der Waals surface area contributed by atoms with Gasteiger partial charge in [0.1, 0.15) is 6.10 Å². The van der Waals surface area contributed by atoms with Crippen LogP contribution in [0.4, 0.5) is 0 Å². The summed E-state index contributed by atoms with van der Waals surface area (Å²) in [5.74, 6) is 3.42. The molecule has 0 aromatic rings. The van der Waals surface area contributed by atoms with Gasteiger partial charge in [-0.05, 0) is 124 Å². The van der Waals surface area contributed by atoms with Crippen molar-refractivity contribution >= 4 is 5.97 Å². The monoisotopic (exact) mass is 657 g/mol. The average molecular weight is 657 g/mol. The Bertz CT molecular complexity index is 1160. The maximum atomic E-state index is 12.7. The van der Waals surface area contributed by atoms with Crippen LogP contribution in [-0.2, 0) is 9.53 Å². The molecule has 6 atom stereocenters. The van der Waals surface area contributed by atoms with E-state index >= 15 is 0 Å². The number of esters is 1. The molecular weight excluding hydrogens is 585 g/mol. The van der Waals surface area contributed by atoms with Crippen molar-refractivity contribution in [2.75, 3.05) is 0 Å². The Balaban J connectivity index is 1.38. The molecule has 3 saturated carbocycles. The first kappa shape index (κ1) is 40.1. The van der Waals surface area contributed by atoms with E-state index < -0.39 is 0 Å². The lowest BCUT2D eigenvalue weighted by Crippen LogP contribution is -2.35. The molecule has 0 aliphatic heterocycles. The number of unbranched alkanes of at least 4 members (excludes halogenated alkanes) is 5. The van der Waals surface area contributed by atoms with Crippen molar-refractivity contribution in [3.05, 3.63) is 84.1 Å². The summed E-state index contributed by atoms with van der Waals surface area (Å²) in [5, 5.41) is 0. The molecule has 0 aromatic heterocycles. The third-order valence-corrected chi connectivity index (χ3v) is 11.9. The Labute approximate surface area is 297 Å². The lowest BCUT2D eigenvalue weighted by Gasteiger charge is -2.44. The summed E-state index contributed by atoms with van der Waals surface area (Å²) in [5.41, 5.74) is 4.57. The first-order valence-electron chi connectivity index (χ1n) is 20.1. The number of fused-ring (bicyclic) bond motifs is 1. The third kappa shape index (κ3) is 13.2. The highest BCUT2D eigenvalue weighted by Crippen LogP contribution is 2.59. The van der Waals surface area contributed by atoms with E-state index in [2.05, 4.69) is 109 Å². The molecule has 268 valence electrons. The van der Waals surface area contributed by atoms with Gasteiger partial charge < -0.3 is 4.74 Å². The minimum absolute atomic E-state index is 0.00422. The molecule has 0 saturated heterocycles. The van der Waals surface area contributed by atoms with E-state index in [1.165, 1.54) is 62.5 Å². The molecule has 0 bridgehead atoms. The van der Waals surface area contributed by atoms with Gasteiger partial charge in [0.05, 0.1) is 0 Å². The topological polar surface area (TPSA) is 26.3 Å². The minimum atomic E-state index is -0.0163. The van der Waals surface area contributed by atoms with Gasteiger partial charge in [-0.15, -0.1) is 0 Å². The molecule has 0 spiro atoms. The van der Waals surface area contributed by atoms with E-state index in [4.69, 9.17) is 4.74 Å². The Morgan fingerprint density at radius 3 is 2.33 bits per heavy atom. The molecule has 0 amide bonds.